The first-order valence-electron chi connectivity index (χ1n) is 11.6. The second kappa shape index (κ2) is 9.32. The van der Waals surface area contributed by atoms with Gasteiger partial charge in [0.2, 0.25) is 27.8 Å². The number of hydrogen-bond donors (Lipinski definition) is 2. The van der Waals surface area contributed by atoms with Crippen LogP contribution in [0.1, 0.15) is 18.9 Å². The summed E-state index contributed by atoms with van der Waals surface area (Å²) in [6.45, 7) is 2.12. The van der Waals surface area contributed by atoms with E-state index in [1.807, 2.05) is 24.3 Å². The van der Waals surface area contributed by atoms with Crippen LogP contribution in [0, 0.1) is 0 Å². The number of benzene rings is 2. The van der Waals surface area contributed by atoms with E-state index in [1.54, 1.807) is 42.4 Å². The maximum Gasteiger partial charge on any atom is 0.243 e. The quantitative estimate of drug-likeness (QED) is 0.545. The van der Waals surface area contributed by atoms with Crippen molar-refractivity contribution < 1.29 is 18.0 Å². The Labute approximate surface area is 209 Å². The highest BCUT2D eigenvalue weighted by Crippen LogP contribution is 2.33. The van der Waals surface area contributed by atoms with Gasteiger partial charge in [-0.2, -0.15) is 4.31 Å². The minimum absolute atomic E-state index is 0.0824. The van der Waals surface area contributed by atoms with Gasteiger partial charge < -0.3 is 15.5 Å². The molecule has 3 aromatic rings. The maximum atomic E-state index is 13.1. The van der Waals surface area contributed by atoms with Crippen molar-refractivity contribution in [3.05, 3.63) is 60.3 Å². The summed E-state index contributed by atoms with van der Waals surface area (Å²) in [5.41, 5.74) is 3.52. The molecular weight excluding hydrogens is 480 g/mol. The Morgan fingerprint density at radius 1 is 1.17 bits per heavy atom. The maximum absolute atomic E-state index is 13.1. The smallest absolute Gasteiger partial charge is 0.243 e. The van der Waals surface area contributed by atoms with Crippen molar-refractivity contribution >= 4 is 39.2 Å². The topological polar surface area (TPSA) is 125 Å². The number of carbonyl (C=O) groups excluding carboxylic acids is 2. The number of para-hydroxylation sites is 1. The number of nitrogens with zero attached hydrogens (tertiary/aromatic N) is 4. The summed E-state index contributed by atoms with van der Waals surface area (Å²) in [6, 6.07) is 13.7. The average molecular weight is 507 g/mol. The van der Waals surface area contributed by atoms with Gasteiger partial charge in [0.05, 0.1) is 22.7 Å². The number of aromatic nitrogens is 2. The Morgan fingerprint density at radius 3 is 2.67 bits per heavy atom. The molecule has 2 amide bonds. The van der Waals surface area contributed by atoms with Crippen LogP contribution in [0.3, 0.4) is 0 Å². The fourth-order valence-electron chi connectivity index (χ4n) is 4.49. The van der Waals surface area contributed by atoms with Gasteiger partial charge in [0.25, 0.3) is 0 Å². The Balaban J connectivity index is 1.34. The van der Waals surface area contributed by atoms with E-state index in [0.717, 1.165) is 11.1 Å². The molecular formula is C25H26N6O4S. The van der Waals surface area contributed by atoms with Gasteiger partial charge in [-0.15, -0.1) is 0 Å². The zero-order chi connectivity index (χ0) is 25.4. The lowest BCUT2D eigenvalue weighted by Gasteiger charge is -2.23. The van der Waals surface area contributed by atoms with E-state index < -0.39 is 10.0 Å². The third-order valence-electron chi connectivity index (χ3n) is 6.59. The van der Waals surface area contributed by atoms with Crippen LogP contribution in [0.15, 0.2) is 59.6 Å². The van der Waals surface area contributed by atoms with Crippen LogP contribution in [0.2, 0.25) is 0 Å². The van der Waals surface area contributed by atoms with Crippen molar-refractivity contribution in [2.75, 3.05) is 30.8 Å². The van der Waals surface area contributed by atoms with Crippen molar-refractivity contribution in [2.24, 2.45) is 0 Å². The highest BCUT2D eigenvalue weighted by Gasteiger charge is 2.35. The molecule has 0 saturated carbocycles. The molecule has 1 aromatic heterocycles. The molecule has 2 aliphatic heterocycles. The molecule has 186 valence electrons. The molecule has 5 rings (SSSR count). The van der Waals surface area contributed by atoms with Crippen molar-refractivity contribution in [3.63, 3.8) is 0 Å². The number of rotatable bonds is 5. The molecule has 11 heteroatoms. The number of anilines is 3. The summed E-state index contributed by atoms with van der Waals surface area (Å²) in [5.74, 6) is 0.128. The van der Waals surface area contributed by atoms with E-state index in [-0.39, 0.29) is 35.7 Å². The molecule has 3 heterocycles. The van der Waals surface area contributed by atoms with Crippen molar-refractivity contribution in [2.45, 2.75) is 30.7 Å². The monoisotopic (exact) mass is 506 g/mol. The third kappa shape index (κ3) is 4.54. The van der Waals surface area contributed by atoms with Crippen molar-refractivity contribution in [3.8, 4) is 11.3 Å². The van der Waals surface area contributed by atoms with Gasteiger partial charge in [0.1, 0.15) is 0 Å². The summed E-state index contributed by atoms with van der Waals surface area (Å²) in [7, 11) is -1.98. The summed E-state index contributed by atoms with van der Waals surface area (Å²) < 4.78 is 27.7. The molecule has 36 heavy (non-hydrogen) atoms. The molecule has 0 spiro atoms. The first-order valence-corrected chi connectivity index (χ1v) is 13.0. The van der Waals surface area contributed by atoms with Crippen LogP contribution in [0.4, 0.5) is 17.3 Å². The first kappa shape index (κ1) is 23.9. The summed E-state index contributed by atoms with van der Waals surface area (Å²) in [5, 5.41) is 6.01. The molecule has 1 unspecified atom stereocenters. The number of fused-ring (bicyclic) bond motifs is 3. The highest BCUT2D eigenvalue weighted by molar-refractivity contribution is 7.89. The van der Waals surface area contributed by atoms with Crippen molar-refractivity contribution in [1.29, 1.82) is 0 Å². The molecule has 1 atom stereocenters. The largest absolute Gasteiger partial charge is 0.342 e. The van der Waals surface area contributed by atoms with Crippen LogP contribution >= 0.6 is 0 Å². The fraction of sp³-hybridized carbons (Fsp3) is 0.280. The predicted molar refractivity (Wildman–Crippen MR) is 135 cm³/mol. The van der Waals surface area contributed by atoms with Gasteiger partial charge in [-0.25, -0.2) is 18.4 Å². The number of sulfonamides is 1. The second-order valence-corrected chi connectivity index (χ2v) is 10.9. The number of carbonyl (C=O) groups is 2. The van der Waals surface area contributed by atoms with Crippen LogP contribution < -0.4 is 10.6 Å². The van der Waals surface area contributed by atoms with Gasteiger partial charge in [-0.1, -0.05) is 18.2 Å². The van der Waals surface area contributed by atoms with Crippen molar-refractivity contribution in [1.82, 2.24) is 19.2 Å². The third-order valence-corrected chi connectivity index (χ3v) is 8.47. The zero-order valence-corrected chi connectivity index (χ0v) is 20.7. The summed E-state index contributed by atoms with van der Waals surface area (Å²) >= 11 is 0. The van der Waals surface area contributed by atoms with Crippen LogP contribution in [-0.2, 0) is 26.0 Å². The highest BCUT2D eigenvalue weighted by atomic mass is 32.2. The van der Waals surface area contributed by atoms with E-state index in [0.29, 0.717) is 36.0 Å². The Hall–Kier alpha value is -3.83. The van der Waals surface area contributed by atoms with Crippen LogP contribution in [0.25, 0.3) is 11.3 Å². The fourth-order valence-corrected chi connectivity index (χ4v) is 5.98. The predicted octanol–water partition coefficient (Wildman–Crippen LogP) is 2.62. The van der Waals surface area contributed by atoms with Crippen LogP contribution in [0.5, 0.6) is 0 Å². The van der Waals surface area contributed by atoms with E-state index in [4.69, 9.17) is 0 Å². The lowest BCUT2D eigenvalue weighted by Crippen LogP contribution is -2.38. The van der Waals surface area contributed by atoms with Gasteiger partial charge >= 0.3 is 0 Å². The first-order chi connectivity index (χ1) is 17.2. The lowest BCUT2D eigenvalue weighted by molar-refractivity contribution is -0.129. The summed E-state index contributed by atoms with van der Waals surface area (Å²) in [6.07, 6.45) is 2.41. The molecule has 0 radical (unpaired) electrons. The average Bonchev–Trinajstić information content (AvgIpc) is 3.31. The molecule has 0 aliphatic carbocycles. The SMILES string of the molecule is CC(=O)N(C)C1CCN(S(=O)(=O)c2ccc(Nc3ncc4c(n3)-c3ccccc3NC(=O)C4)cc2)C1. The molecule has 2 N–H and O–H groups in total. The standard InChI is InChI=1S/C25H26N6O4S/c1-16(32)30(2)19-11-12-31(15-19)36(34,35)20-9-7-18(8-10-20)27-25-26-14-17-13-23(33)28-22-6-4-3-5-21(22)24(17)29-25/h3-10,14,19H,11-13,15H2,1-2H3,(H,28,33)(H,26,27,29). The minimum Gasteiger partial charge on any atom is -0.342 e. The van der Waals surface area contributed by atoms with Gasteiger partial charge in [-0.05, 0) is 36.8 Å². The van der Waals surface area contributed by atoms with Gasteiger partial charge in [0, 0.05) is 56.1 Å². The minimum atomic E-state index is -3.68. The normalized spacial score (nSPS) is 17.5. The van der Waals surface area contributed by atoms with E-state index in [2.05, 4.69) is 20.6 Å². The Kier molecular flexibility index (Phi) is 6.19. The van der Waals surface area contributed by atoms with E-state index >= 15 is 0 Å². The van der Waals surface area contributed by atoms with Gasteiger partial charge in [-0.3, -0.25) is 9.59 Å². The van der Waals surface area contributed by atoms with Crippen LogP contribution in [-0.4, -0.2) is 65.6 Å². The van der Waals surface area contributed by atoms with Gasteiger partial charge in [0.15, 0.2) is 0 Å². The number of amides is 2. The zero-order valence-electron chi connectivity index (χ0n) is 19.9. The van der Waals surface area contributed by atoms with E-state index in [9.17, 15) is 18.0 Å². The number of likely N-dealkylation sites (N-methyl/N-ethyl adjacent to an activating group) is 1. The summed E-state index contributed by atoms with van der Waals surface area (Å²) in [4.78, 5) is 34.6. The molecule has 2 aliphatic rings. The lowest BCUT2D eigenvalue weighted by atomic mass is 10.1. The van der Waals surface area contributed by atoms with E-state index in [1.165, 1.54) is 11.2 Å². The Morgan fingerprint density at radius 2 is 1.92 bits per heavy atom. The molecule has 0 bridgehead atoms. The molecule has 1 saturated heterocycles. The molecule has 2 aromatic carbocycles. The number of nitrogens with one attached hydrogen (secondary N) is 2. The second-order valence-electron chi connectivity index (χ2n) is 8.92. The molecule has 10 nitrogen and oxygen atoms in total. The Bertz CT molecular complexity index is 1440. The molecule has 1 fully saturated rings. The number of hydrogen-bond acceptors (Lipinski definition) is 7.